The van der Waals surface area contributed by atoms with Crippen LogP contribution in [0.3, 0.4) is 0 Å². The van der Waals surface area contributed by atoms with Gasteiger partial charge in [-0.1, -0.05) is 0 Å². The van der Waals surface area contributed by atoms with E-state index >= 15 is 0 Å². The summed E-state index contributed by atoms with van der Waals surface area (Å²) in [4.78, 5) is 58.2. The largest absolute Gasteiger partial charge is 0.356 e. The van der Waals surface area contributed by atoms with Crippen molar-refractivity contribution in [1.29, 1.82) is 0 Å². The van der Waals surface area contributed by atoms with Gasteiger partial charge in [0.2, 0.25) is 29.5 Å². The van der Waals surface area contributed by atoms with E-state index in [4.69, 9.17) is 5.73 Å². The van der Waals surface area contributed by atoms with Gasteiger partial charge in [-0.05, 0) is 44.9 Å². The summed E-state index contributed by atoms with van der Waals surface area (Å²) < 4.78 is 13.0. The van der Waals surface area contributed by atoms with Crippen molar-refractivity contribution in [2.45, 2.75) is 83.7 Å². The van der Waals surface area contributed by atoms with Crippen LogP contribution in [0.25, 0.3) is 0 Å². The lowest BCUT2D eigenvalue weighted by Gasteiger charge is -2.16. The van der Waals surface area contributed by atoms with Crippen LogP contribution in [0, 0.1) is 0 Å². The van der Waals surface area contributed by atoms with Crippen molar-refractivity contribution in [3.05, 3.63) is 0 Å². The maximum Gasteiger partial charge on any atom is 0.246 e. The zero-order valence-electron chi connectivity index (χ0n) is 22.8. The molecule has 0 aliphatic heterocycles. The molecule has 7 N–H and O–H groups in total. The molecule has 1 unspecified atom stereocenters. The molecule has 0 aromatic heterocycles. The molecule has 0 aromatic carbocycles. The fraction of sp³-hybridized carbons (Fsp3) is 0.792. The van der Waals surface area contributed by atoms with E-state index in [1.54, 1.807) is 0 Å². The Bertz CT molecular complexity index is 760. The molecule has 0 rings (SSSR count). The lowest BCUT2D eigenvalue weighted by Crippen LogP contribution is -2.32. The second-order valence-electron chi connectivity index (χ2n) is 9.12. The summed E-state index contributed by atoms with van der Waals surface area (Å²) in [6.07, 6.45) is 1.71. The average Bonchev–Trinajstić information content (AvgIpc) is 2.91. The number of rotatable bonds is 22. The fourth-order valence-electron chi connectivity index (χ4n) is 3.25. The van der Waals surface area contributed by atoms with Crippen LogP contribution < -0.4 is 16.4 Å². The van der Waals surface area contributed by atoms with E-state index in [0.717, 1.165) is 0 Å². The molecule has 0 fully saturated rings. The molecule has 0 heterocycles. The molecule has 0 aliphatic rings. The summed E-state index contributed by atoms with van der Waals surface area (Å²) >= 11 is 0. The number of hydroxylamine groups is 6. The van der Waals surface area contributed by atoms with Crippen LogP contribution in [0.1, 0.15) is 77.6 Å². The number of nitrogens with two attached hydrogens (primary N) is 1. The number of amides is 5. The van der Waals surface area contributed by atoms with Gasteiger partial charge in [0.25, 0.3) is 0 Å². The topological polar surface area (TPSA) is 206 Å². The number of unbranched alkanes of at least 4 members (excludes halogenated alkanes) is 4. The lowest BCUT2D eigenvalue weighted by molar-refractivity contribution is -0.166. The third-order valence-corrected chi connectivity index (χ3v) is 5.72. The van der Waals surface area contributed by atoms with E-state index < -0.39 is 23.9 Å². The SMILES string of the molecule is CC(=O)N(O)CCCCCNC(=O)CCC(=O)N(O)CCCCCNC(=O)CCC(=O)N(O)CCC(F)CN. The highest BCUT2D eigenvalue weighted by atomic mass is 19.1. The molecular formula is C24H45FN6O8. The molecule has 15 heteroatoms. The van der Waals surface area contributed by atoms with E-state index in [1.165, 1.54) is 6.92 Å². The predicted molar refractivity (Wildman–Crippen MR) is 137 cm³/mol. The Morgan fingerprint density at radius 1 is 0.692 bits per heavy atom. The van der Waals surface area contributed by atoms with Gasteiger partial charge in [-0.25, -0.2) is 19.6 Å². The van der Waals surface area contributed by atoms with Crippen molar-refractivity contribution in [3.8, 4) is 0 Å². The quantitative estimate of drug-likeness (QED) is 0.0613. The Balaban J connectivity index is 3.78. The van der Waals surface area contributed by atoms with Gasteiger partial charge in [-0.2, -0.15) is 0 Å². The van der Waals surface area contributed by atoms with Gasteiger partial charge in [-0.3, -0.25) is 39.6 Å². The minimum atomic E-state index is -1.31. The number of nitrogens with zero attached hydrogens (tertiary/aromatic N) is 3. The standard InChI is InChI=1S/C24H45FN6O8/c1-19(32)29(37)15-6-2-4-13-27-21(33)8-10-23(35)30(38)16-7-3-5-14-28-22(34)9-11-24(36)31(39)17-12-20(25)18-26/h20,37-39H,2-18,26H2,1H3,(H,27,33)(H,28,34). The molecule has 1 atom stereocenters. The highest BCUT2D eigenvalue weighted by Crippen LogP contribution is 2.03. The first kappa shape index (κ1) is 36.1. The molecule has 0 aliphatic carbocycles. The predicted octanol–water partition coefficient (Wildman–Crippen LogP) is 0.480. The zero-order chi connectivity index (χ0) is 29.6. The second kappa shape index (κ2) is 22.0. The van der Waals surface area contributed by atoms with Gasteiger partial charge >= 0.3 is 0 Å². The van der Waals surface area contributed by atoms with Crippen molar-refractivity contribution in [2.75, 3.05) is 39.3 Å². The van der Waals surface area contributed by atoms with Gasteiger partial charge in [0.15, 0.2) is 0 Å². The summed E-state index contributed by atoms with van der Waals surface area (Å²) in [6.45, 7) is 1.92. The number of nitrogens with one attached hydrogen (secondary N) is 2. The van der Waals surface area contributed by atoms with E-state index in [9.17, 15) is 44.0 Å². The molecule has 0 saturated carbocycles. The van der Waals surface area contributed by atoms with Crippen LogP contribution in [-0.4, -0.2) is 106 Å². The van der Waals surface area contributed by atoms with Crippen LogP contribution in [-0.2, 0) is 24.0 Å². The van der Waals surface area contributed by atoms with Gasteiger partial charge < -0.3 is 16.4 Å². The highest BCUT2D eigenvalue weighted by Gasteiger charge is 2.15. The Kier molecular flexibility index (Phi) is 20.4. The number of hydrogen-bond donors (Lipinski definition) is 6. The minimum Gasteiger partial charge on any atom is -0.356 e. The van der Waals surface area contributed by atoms with Gasteiger partial charge in [-0.15, -0.1) is 0 Å². The normalized spacial score (nSPS) is 11.4. The maximum atomic E-state index is 13.0. The first-order valence-corrected chi connectivity index (χ1v) is 13.3. The first-order chi connectivity index (χ1) is 18.5. The average molecular weight is 565 g/mol. The van der Waals surface area contributed by atoms with Crippen LogP contribution in [0.5, 0.6) is 0 Å². The number of alkyl halides is 1. The molecule has 0 spiro atoms. The van der Waals surface area contributed by atoms with Crippen LogP contribution in [0.15, 0.2) is 0 Å². The Morgan fingerprint density at radius 2 is 1.13 bits per heavy atom. The van der Waals surface area contributed by atoms with Crippen molar-refractivity contribution < 1.29 is 44.0 Å². The first-order valence-electron chi connectivity index (χ1n) is 13.3. The van der Waals surface area contributed by atoms with Crippen molar-refractivity contribution in [1.82, 2.24) is 25.8 Å². The molecular weight excluding hydrogens is 519 g/mol. The van der Waals surface area contributed by atoms with E-state index in [2.05, 4.69) is 10.6 Å². The smallest absolute Gasteiger partial charge is 0.246 e. The maximum absolute atomic E-state index is 13.0. The summed E-state index contributed by atoms with van der Waals surface area (Å²) in [6, 6.07) is 0. The number of carbonyl (C=O) groups excluding carboxylic acids is 5. The molecule has 0 bridgehead atoms. The monoisotopic (exact) mass is 564 g/mol. The van der Waals surface area contributed by atoms with Crippen LogP contribution in [0.4, 0.5) is 4.39 Å². The van der Waals surface area contributed by atoms with E-state index in [0.29, 0.717) is 66.8 Å². The number of hydrogen-bond acceptors (Lipinski definition) is 9. The van der Waals surface area contributed by atoms with Crippen LogP contribution in [0.2, 0.25) is 0 Å². The van der Waals surface area contributed by atoms with Gasteiger partial charge in [0, 0.05) is 65.3 Å². The summed E-state index contributed by atoms with van der Waals surface area (Å²) in [7, 11) is 0. The van der Waals surface area contributed by atoms with E-state index in [1.807, 2.05) is 0 Å². The number of halogens is 1. The molecule has 0 radical (unpaired) electrons. The lowest BCUT2D eigenvalue weighted by atomic mass is 10.2. The Labute approximate surface area is 228 Å². The van der Waals surface area contributed by atoms with Crippen molar-refractivity contribution in [2.24, 2.45) is 5.73 Å². The van der Waals surface area contributed by atoms with Gasteiger partial charge in [0.05, 0.1) is 6.54 Å². The molecule has 14 nitrogen and oxygen atoms in total. The minimum absolute atomic E-state index is 0.0582. The summed E-state index contributed by atoms with van der Waals surface area (Å²) in [5.41, 5.74) is 5.13. The zero-order valence-corrected chi connectivity index (χ0v) is 22.8. The van der Waals surface area contributed by atoms with Crippen LogP contribution >= 0.6 is 0 Å². The number of carbonyl (C=O) groups is 5. The second-order valence-corrected chi connectivity index (χ2v) is 9.12. The van der Waals surface area contributed by atoms with Crippen molar-refractivity contribution in [3.63, 3.8) is 0 Å². The molecule has 5 amide bonds. The highest BCUT2D eigenvalue weighted by molar-refractivity contribution is 5.83. The molecule has 226 valence electrons. The van der Waals surface area contributed by atoms with Crippen molar-refractivity contribution >= 4 is 29.5 Å². The summed E-state index contributed by atoms with van der Waals surface area (Å²) in [5.74, 6) is -2.36. The molecule has 0 saturated heterocycles. The van der Waals surface area contributed by atoms with E-state index in [-0.39, 0.29) is 70.1 Å². The fourth-order valence-corrected chi connectivity index (χ4v) is 3.25. The molecule has 0 aromatic rings. The Morgan fingerprint density at radius 3 is 1.56 bits per heavy atom. The summed E-state index contributed by atoms with van der Waals surface area (Å²) in [5, 5.41) is 35.5. The van der Waals surface area contributed by atoms with Gasteiger partial charge in [0.1, 0.15) is 6.17 Å². The third kappa shape index (κ3) is 19.8. The Hall–Kier alpha value is -2.88. The molecule has 39 heavy (non-hydrogen) atoms. The third-order valence-electron chi connectivity index (χ3n) is 5.72.